The van der Waals surface area contributed by atoms with Crippen molar-refractivity contribution < 1.29 is 23.5 Å². The first-order valence-corrected chi connectivity index (χ1v) is 7.47. The van der Waals surface area contributed by atoms with Gasteiger partial charge in [0.1, 0.15) is 6.16 Å². The summed E-state index contributed by atoms with van der Waals surface area (Å²) in [7, 11) is -4.45. The van der Waals surface area contributed by atoms with E-state index in [0.29, 0.717) is 12.3 Å². The summed E-state index contributed by atoms with van der Waals surface area (Å²) in [4.78, 5) is 28.3. The van der Waals surface area contributed by atoms with Crippen LogP contribution in [0, 0.1) is 11.3 Å². The minimum Gasteiger partial charge on any atom is -0.324 e. The summed E-state index contributed by atoms with van der Waals surface area (Å²) in [6, 6.07) is 0. The molecule has 0 heterocycles. The number of hydrogen-bond donors (Lipinski definition) is 2. The number of Topliss-reactive ketones (excluding diaryl/α,β-unsaturated/α-hetero) is 1. The molecule has 0 saturated carbocycles. The molecule has 0 aromatic carbocycles. The van der Waals surface area contributed by atoms with Gasteiger partial charge in [0.25, 0.3) is 0 Å². The van der Waals surface area contributed by atoms with E-state index in [9.17, 15) is 13.8 Å². The van der Waals surface area contributed by atoms with E-state index in [0.717, 1.165) is 0 Å². The second kappa shape index (κ2) is 6.07. The van der Waals surface area contributed by atoms with Gasteiger partial charge in [-0.15, -0.1) is 0 Å². The Morgan fingerprint density at radius 2 is 1.82 bits per heavy atom. The fourth-order valence-corrected chi connectivity index (χ4v) is 1.85. The van der Waals surface area contributed by atoms with E-state index >= 15 is 0 Å². The lowest BCUT2D eigenvalue weighted by Crippen LogP contribution is -2.25. The molecule has 6 heteroatoms. The van der Waals surface area contributed by atoms with Crippen LogP contribution in [0.15, 0.2) is 0 Å². The van der Waals surface area contributed by atoms with E-state index in [4.69, 9.17) is 9.79 Å². The van der Waals surface area contributed by atoms with Gasteiger partial charge in [0.05, 0.1) is 0 Å². The van der Waals surface area contributed by atoms with Crippen LogP contribution >= 0.6 is 7.60 Å². The van der Waals surface area contributed by atoms with Crippen molar-refractivity contribution in [1.29, 1.82) is 0 Å². The van der Waals surface area contributed by atoms with E-state index in [1.54, 1.807) is 0 Å². The van der Waals surface area contributed by atoms with E-state index in [-0.39, 0.29) is 11.8 Å². The zero-order chi connectivity index (χ0) is 13.9. The second-order valence-corrected chi connectivity index (χ2v) is 7.08. The van der Waals surface area contributed by atoms with E-state index in [2.05, 4.69) is 0 Å². The summed E-state index contributed by atoms with van der Waals surface area (Å²) in [5.41, 5.74) is -0.0905. The van der Waals surface area contributed by atoms with Crippen LogP contribution in [-0.2, 0) is 9.36 Å². The SMILES string of the molecule is CC(C)C(C)(C)CCC(F)C(=O)CP(=O)(O)O. The molecule has 102 valence electrons. The Morgan fingerprint density at radius 3 is 2.18 bits per heavy atom. The van der Waals surface area contributed by atoms with Crippen LogP contribution in [0.2, 0.25) is 0 Å². The average Bonchev–Trinajstić information content (AvgIpc) is 2.11. The zero-order valence-electron chi connectivity index (χ0n) is 10.8. The van der Waals surface area contributed by atoms with Gasteiger partial charge in [0, 0.05) is 0 Å². The minimum atomic E-state index is -4.45. The summed E-state index contributed by atoms with van der Waals surface area (Å²) < 4.78 is 24.0. The van der Waals surface area contributed by atoms with Gasteiger partial charge in [-0.3, -0.25) is 9.36 Å². The number of rotatable bonds is 7. The summed E-state index contributed by atoms with van der Waals surface area (Å²) in [6.07, 6.45) is -2.25. The Hall–Kier alpha value is -0.250. The third-order valence-electron chi connectivity index (χ3n) is 3.32. The van der Waals surface area contributed by atoms with Crippen LogP contribution in [0.1, 0.15) is 40.5 Å². The maximum absolute atomic E-state index is 13.4. The molecule has 0 spiro atoms. The molecule has 0 saturated heterocycles. The fourth-order valence-electron chi connectivity index (χ4n) is 1.25. The summed E-state index contributed by atoms with van der Waals surface area (Å²) in [5.74, 6) is -0.649. The molecule has 1 atom stereocenters. The third kappa shape index (κ3) is 6.92. The standard InChI is InChI=1S/C11H22FO4P/c1-8(2)11(3,4)6-5-9(12)10(13)7-17(14,15)16/h8-9H,5-7H2,1-4H3,(H2,14,15,16). The van der Waals surface area contributed by atoms with Crippen molar-refractivity contribution in [2.45, 2.75) is 46.7 Å². The largest absolute Gasteiger partial charge is 0.333 e. The second-order valence-electron chi connectivity index (χ2n) is 5.44. The van der Waals surface area contributed by atoms with Gasteiger partial charge >= 0.3 is 7.60 Å². The van der Waals surface area contributed by atoms with Crippen molar-refractivity contribution >= 4 is 13.4 Å². The van der Waals surface area contributed by atoms with Crippen LogP contribution in [0.25, 0.3) is 0 Å². The number of carbonyl (C=O) groups is 1. The molecule has 0 bridgehead atoms. The van der Waals surface area contributed by atoms with E-state index in [1.165, 1.54) is 0 Å². The van der Waals surface area contributed by atoms with Crippen molar-refractivity contribution in [2.24, 2.45) is 11.3 Å². The molecule has 0 radical (unpaired) electrons. The molecule has 4 nitrogen and oxygen atoms in total. The normalized spacial score (nSPS) is 15.1. The van der Waals surface area contributed by atoms with Crippen LogP contribution in [0.5, 0.6) is 0 Å². The molecule has 0 amide bonds. The highest BCUT2D eigenvalue weighted by Crippen LogP contribution is 2.36. The lowest BCUT2D eigenvalue weighted by atomic mass is 9.77. The van der Waals surface area contributed by atoms with Gasteiger partial charge in [0.2, 0.25) is 0 Å². The maximum atomic E-state index is 13.4. The van der Waals surface area contributed by atoms with Crippen molar-refractivity contribution in [2.75, 3.05) is 6.16 Å². The molecule has 0 aliphatic heterocycles. The van der Waals surface area contributed by atoms with Crippen molar-refractivity contribution in [3.63, 3.8) is 0 Å². The number of ketones is 1. The Bertz CT molecular complexity index is 309. The lowest BCUT2D eigenvalue weighted by Gasteiger charge is -2.29. The van der Waals surface area contributed by atoms with Crippen molar-refractivity contribution in [1.82, 2.24) is 0 Å². The molecule has 0 fully saturated rings. The number of alkyl halides is 1. The summed E-state index contributed by atoms with van der Waals surface area (Å²) in [5, 5.41) is 0. The van der Waals surface area contributed by atoms with Crippen LogP contribution < -0.4 is 0 Å². The van der Waals surface area contributed by atoms with Gasteiger partial charge < -0.3 is 9.79 Å². The predicted molar refractivity (Wildman–Crippen MR) is 64.7 cm³/mol. The number of carbonyl (C=O) groups excluding carboxylic acids is 1. The predicted octanol–water partition coefficient (Wildman–Crippen LogP) is 2.53. The third-order valence-corrected chi connectivity index (χ3v) is 4.04. The first kappa shape index (κ1) is 16.8. The van der Waals surface area contributed by atoms with Crippen LogP contribution in [0.3, 0.4) is 0 Å². The highest BCUT2D eigenvalue weighted by atomic mass is 31.2. The Morgan fingerprint density at radius 1 is 1.35 bits per heavy atom. The number of hydrogen-bond acceptors (Lipinski definition) is 2. The van der Waals surface area contributed by atoms with Crippen LogP contribution in [-0.4, -0.2) is 27.9 Å². The fraction of sp³-hybridized carbons (Fsp3) is 0.909. The number of halogens is 1. The molecule has 0 aromatic heterocycles. The smallest absolute Gasteiger partial charge is 0.324 e. The van der Waals surface area contributed by atoms with Gasteiger partial charge in [-0.25, -0.2) is 4.39 Å². The van der Waals surface area contributed by atoms with E-state index < -0.39 is 25.7 Å². The van der Waals surface area contributed by atoms with Gasteiger partial charge in [0.15, 0.2) is 12.0 Å². The first-order valence-electron chi connectivity index (χ1n) is 5.67. The molecule has 0 aliphatic rings. The summed E-state index contributed by atoms with van der Waals surface area (Å²) >= 11 is 0. The highest BCUT2D eigenvalue weighted by molar-refractivity contribution is 7.52. The Labute approximate surface area is 102 Å². The highest BCUT2D eigenvalue weighted by Gasteiger charge is 2.29. The molecule has 0 aliphatic carbocycles. The van der Waals surface area contributed by atoms with Crippen molar-refractivity contribution in [3.8, 4) is 0 Å². The molecular formula is C11H22FO4P. The average molecular weight is 268 g/mol. The molecular weight excluding hydrogens is 246 g/mol. The topological polar surface area (TPSA) is 74.6 Å². The molecule has 0 aromatic rings. The monoisotopic (exact) mass is 268 g/mol. The maximum Gasteiger partial charge on any atom is 0.333 e. The van der Waals surface area contributed by atoms with Crippen molar-refractivity contribution in [3.05, 3.63) is 0 Å². The van der Waals surface area contributed by atoms with Gasteiger partial charge in [-0.05, 0) is 24.2 Å². The Balaban J connectivity index is 4.24. The Kier molecular flexibility index (Phi) is 5.99. The van der Waals surface area contributed by atoms with E-state index in [1.807, 2.05) is 27.7 Å². The molecule has 17 heavy (non-hydrogen) atoms. The minimum absolute atomic E-state index is 0.0179. The molecule has 2 N–H and O–H groups in total. The van der Waals surface area contributed by atoms with Gasteiger partial charge in [-0.1, -0.05) is 27.7 Å². The summed E-state index contributed by atoms with van der Waals surface area (Å²) in [6.45, 7) is 8.01. The molecule has 1 unspecified atom stereocenters. The quantitative estimate of drug-likeness (QED) is 0.696. The van der Waals surface area contributed by atoms with Gasteiger partial charge in [-0.2, -0.15) is 0 Å². The van der Waals surface area contributed by atoms with Crippen LogP contribution in [0.4, 0.5) is 4.39 Å². The first-order chi connectivity index (χ1) is 7.46. The molecule has 0 rings (SSSR count). The zero-order valence-corrected chi connectivity index (χ0v) is 11.7. The lowest BCUT2D eigenvalue weighted by molar-refractivity contribution is -0.122.